The molecular formula is C30H62O2. The number of rotatable bonds is 27. The van der Waals surface area contributed by atoms with E-state index in [1.54, 1.807) is 0 Å². The molecule has 0 aromatic heterocycles. The van der Waals surface area contributed by atoms with Crippen molar-refractivity contribution in [1.29, 1.82) is 0 Å². The van der Waals surface area contributed by atoms with Gasteiger partial charge in [0.25, 0.3) is 0 Å². The Morgan fingerprint density at radius 3 is 1.09 bits per heavy atom. The van der Waals surface area contributed by atoms with Gasteiger partial charge in [-0.2, -0.15) is 0 Å². The van der Waals surface area contributed by atoms with E-state index in [0.29, 0.717) is 0 Å². The van der Waals surface area contributed by atoms with Gasteiger partial charge in [-0.25, -0.2) is 0 Å². The molecule has 32 heavy (non-hydrogen) atoms. The van der Waals surface area contributed by atoms with Gasteiger partial charge in [0.15, 0.2) is 0 Å². The van der Waals surface area contributed by atoms with Crippen molar-refractivity contribution < 1.29 is 9.47 Å². The van der Waals surface area contributed by atoms with Gasteiger partial charge >= 0.3 is 0 Å². The number of hydrogen-bond acceptors (Lipinski definition) is 2. The van der Waals surface area contributed by atoms with Gasteiger partial charge < -0.3 is 9.47 Å². The van der Waals surface area contributed by atoms with Crippen LogP contribution in [-0.4, -0.2) is 26.4 Å². The predicted molar refractivity (Wildman–Crippen MR) is 144 cm³/mol. The molecule has 2 heteroatoms. The zero-order valence-corrected chi connectivity index (χ0v) is 22.9. The second kappa shape index (κ2) is 27.2. The van der Waals surface area contributed by atoms with Gasteiger partial charge in [-0.3, -0.25) is 0 Å². The van der Waals surface area contributed by atoms with Crippen molar-refractivity contribution in [3.8, 4) is 0 Å². The van der Waals surface area contributed by atoms with Crippen molar-refractivity contribution >= 4 is 0 Å². The first-order valence-electron chi connectivity index (χ1n) is 14.9. The minimum absolute atomic E-state index is 0.800. The first-order valence-corrected chi connectivity index (χ1v) is 14.9. The molecule has 0 bridgehead atoms. The molecule has 2 unspecified atom stereocenters. The summed E-state index contributed by atoms with van der Waals surface area (Å²) in [7, 11) is 0. The highest BCUT2D eigenvalue weighted by Gasteiger charge is 2.08. The fourth-order valence-corrected chi connectivity index (χ4v) is 4.77. The van der Waals surface area contributed by atoms with Crippen LogP contribution in [0.1, 0.15) is 156 Å². The quantitative estimate of drug-likeness (QED) is 0.115. The smallest absolute Gasteiger partial charge is 0.0494 e. The largest absolute Gasteiger partial charge is 0.381 e. The lowest BCUT2D eigenvalue weighted by atomic mass is 9.97. The molecule has 0 aromatic rings. The van der Waals surface area contributed by atoms with Gasteiger partial charge in [0.2, 0.25) is 0 Å². The van der Waals surface area contributed by atoms with E-state index < -0.39 is 0 Å². The van der Waals surface area contributed by atoms with Crippen LogP contribution in [0.3, 0.4) is 0 Å². The van der Waals surface area contributed by atoms with E-state index in [1.807, 2.05) is 0 Å². The molecule has 0 radical (unpaired) electrons. The third kappa shape index (κ3) is 23.1. The average Bonchev–Trinajstić information content (AvgIpc) is 2.79. The molecule has 0 spiro atoms. The van der Waals surface area contributed by atoms with Crippen molar-refractivity contribution in [3.05, 3.63) is 0 Å². The lowest BCUT2D eigenvalue weighted by Gasteiger charge is -2.16. The van der Waals surface area contributed by atoms with Crippen LogP contribution in [0.5, 0.6) is 0 Å². The molecule has 2 atom stereocenters. The van der Waals surface area contributed by atoms with E-state index in [2.05, 4.69) is 27.7 Å². The summed E-state index contributed by atoms with van der Waals surface area (Å²) in [6.45, 7) is 13.1. The SMILES string of the molecule is CCCCCC(CCC)COCCCCCCCCCCOCC(CCC)CCCCC. The maximum atomic E-state index is 6.01. The summed E-state index contributed by atoms with van der Waals surface area (Å²) in [4.78, 5) is 0. The number of ether oxygens (including phenoxy) is 2. The highest BCUT2D eigenvalue weighted by Crippen LogP contribution is 2.18. The molecule has 0 aliphatic heterocycles. The molecule has 194 valence electrons. The molecule has 0 saturated heterocycles. The second-order valence-corrected chi connectivity index (χ2v) is 10.3. The van der Waals surface area contributed by atoms with Crippen molar-refractivity contribution in [3.63, 3.8) is 0 Å². The Bertz CT molecular complexity index is 299. The van der Waals surface area contributed by atoms with Crippen LogP contribution in [0.25, 0.3) is 0 Å². The van der Waals surface area contributed by atoms with Gasteiger partial charge in [-0.1, -0.05) is 118 Å². The summed E-state index contributed by atoms with van der Waals surface area (Å²) in [6, 6.07) is 0. The molecular weight excluding hydrogens is 392 g/mol. The summed E-state index contributed by atoms with van der Waals surface area (Å²) in [5.74, 6) is 1.60. The minimum Gasteiger partial charge on any atom is -0.381 e. The molecule has 0 aromatic carbocycles. The van der Waals surface area contributed by atoms with Gasteiger partial charge in [0, 0.05) is 26.4 Å². The molecule has 0 heterocycles. The van der Waals surface area contributed by atoms with Gasteiger partial charge in [-0.15, -0.1) is 0 Å². The highest BCUT2D eigenvalue weighted by atomic mass is 16.5. The Labute approximate surface area is 204 Å². The van der Waals surface area contributed by atoms with Crippen LogP contribution in [0.15, 0.2) is 0 Å². The summed E-state index contributed by atoms with van der Waals surface area (Å²) < 4.78 is 12.0. The van der Waals surface area contributed by atoms with Crippen LogP contribution in [0.2, 0.25) is 0 Å². The lowest BCUT2D eigenvalue weighted by Crippen LogP contribution is -2.10. The molecule has 0 saturated carbocycles. The number of unbranched alkanes of at least 4 members (excludes halogenated alkanes) is 11. The van der Waals surface area contributed by atoms with Crippen LogP contribution in [0.4, 0.5) is 0 Å². The monoisotopic (exact) mass is 454 g/mol. The van der Waals surface area contributed by atoms with Gasteiger partial charge in [-0.05, 0) is 50.4 Å². The maximum absolute atomic E-state index is 6.01. The summed E-state index contributed by atoms with van der Waals surface area (Å²) in [6.07, 6.45) is 26.9. The van der Waals surface area contributed by atoms with Crippen molar-refractivity contribution in [2.45, 2.75) is 156 Å². The van der Waals surface area contributed by atoms with Crippen molar-refractivity contribution in [2.24, 2.45) is 11.8 Å². The zero-order valence-electron chi connectivity index (χ0n) is 22.9. The Morgan fingerprint density at radius 2 is 0.750 bits per heavy atom. The van der Waals surface area contributed by atoms with Gasteiger partial charge in [0.05, 0.1) is 0 Å². The van der Waals surface area contributed by atoms with E-state index in [0.717, 1.165) is 38.3 Å². The molecule has 0 aliphatic carbocycles. The molecule has 0 N–H and O–H groups in total. The van der Waals surface area contributed by atoms with E-state index >= 15 is 0 Å². The van der Waals surface area contributed by atoms with Crippen LogP contribution in [0, 0.1) is 11.8 Å². The van der Waals surface area contributed by atoms with E-state index in [9.17, 15) is 0 Å². The third-order valence-electron chi connectivity index (χ3n) is 6.86. The first kappa shape index (κ1) is 31.9. The van der Waals surface area contributed by atoms with Crippen molar-refractivity contribution in [2.75, 3.05) is 26.4 Å². The van der Waals surface area contributed by atoms with Crippen LogP contribution >= 0.6 is 0 Å². The van der Waals surface area contributed by atoms with Crippen molar-refractivity contribution in [1.82, 2.24) is 0 Å². The Kier molecular flexibility index (Phi) is 27.1. The third-order valence-corrected chi connectivity index (χ3v) is 6.86. The molecule has 0 rings (SSSR count). The van der Waals surface area contributed by atoms with E-state index in [-0.39, 0.29) is 0 Å². The fourth-order valence-electron chi connectivity index (χ4n) is 4.77. The fraction of sp³-hybridized carbons (Fsp3) is 1.00. The Morgan fingerprint density at radius 1 is 0.375 bits per heavy atom. The first-order chi connectivity index (χ1) is 15.8. The Hall–Kier alpha value is -0.0800. The molecule has 0 fully saturated rings. The summed E-state index contributed by atoms with van der Waals surface area (Å²) in [5, 5.41) is 0. The molecule has 0 amide bonds. The summed E-state index contributed by atoms with van der Waals surface area (Å²) >= 11 is 0. The molecule has 2 nitrogen and oxygen atoms in total. The predicted octanol–water partition coefficient (Wildman–Crippen LogP) is 10.1. The van der Waals surface area contributed by atoms with Gasteiger partial charge in [0.1, 0.15) is 0 Å². The maximum Gasteiger partial charge on any atom is 0.0494 e. The lowest BCUT2D eigenvalue weighted by molar-refractivity contribution is 0.0881. The molecule has 0 aliphatic rings. The average molecular weight is 455 g/mol. The highest BCUT2D eigenvalue weighted by molar-refractivity contribution is 4.59. The zero-order chi connectivity index (χ0) is 23.5. The minimum atomic E-state index is 0.800. The second-order valence-electron chi connectivity index (χ2n) is 10.3. The van der Waals surface area contributed by atoms with Crippen LogP contribution < -0.4 is 0 Å². The van der Waals surface area contributed by atoms with E-state index in [1.165, 1.54) is 128 Å². The van der Waals surface area contributed by atoms with Crippen LogP contribution in [-0.2, 0) is 9.47 Å². The Balaban J connectivity index is 3.40. The summed E-state index contributed by atoms with van der Waals surface area (Å²) in [5.41, 5.74) is 0. The standard InChI is InChI=1S/C30H62O2/c1-5-9-17-23-29(21-7-3)27-31-25-19-15-13-11-12-14-16-20-26-32-28-30(22-8-4)24-18-10-6-2/h29-30H,5-28H2,1-4H3. The van der Waals surface area contributed by atoms with E-state index in [4.69, 9.17) is 9.47 Å². The number of hydrogen-bond donors (Lipinski definition) is 0. The normalized spacial score (nSPS) is 13.5. The topological polar surface area (TPSA) is 18.5 Å².